The number of hydrogen-bond acceptors (Lipinski definition) is 4. The quantitative estimate of drug-likeness (QED) is 0.524. The first-order chi connectivity index (χ1) is 14.1. The van der Waals surface area contributed by atoms with Gasteiger partial charge in [-0.05, 0) is 49.1 Å². The molecule has 0 unspecified atom stereocenters. The molecule has 4 heteroatoms. The van der Waals surface area contributed by atoms with Crippen LogP contribution in [-0.4, -0.2) is 16.7 Å². The zero-order valence-electron chi connectivity index (χ0n) is 15.8. The number of ketones is 2. The Balaban J connectivity index is 1.40. The van der Waals surface area contributed by atoms with E-state index in [-0.39, 0.29) is 16.9 Å². The van der Waals surface area contributed by atoms with E-state index in [9.17, 15) is 14.7 Å². The van der Waals surface area contributed by atoms with Gasteiger partial charge in [-0.1, -0.05) is 66.4 Å². The third kappa shape index (κ3) is 4.17. The fraction of sp³-hybridized carbons (Fsp3) is 0.120. The van der Waals surface area contributed by atoms with E-state index < -0.39 is 11.6 Å². The summed E-state index contributed by atoms with van der Waals surface area (Å²) in [5, 5.41) is 10.5. The number of Topliss-reactive ketones (excluding diaryl/α,β-unsaturated/α-hetero) is 2. The van der Waals surface area contributed by atoms with Crippen LogP contribution >= 0.6 is 11.8 Å². The number of carbonyl (C=O) groups excluding carboxylic acids is 2. The van der Waals surface area contributed by atoms with Crippen molar-refractivity contribution >= 4 is 29.1 Å². The predicted molar refractivity (Wildman–Crippen MR) is 115 cm³/mol. The zero-order valence-corrected chi connectivity index (χ0v) is 16.6. The van der Waals surface area contributed by atoms with Crippen molar-refractivity contribution in [3.05, 3.63) is 101 Å². The topological polar surface area (TPSA) is 54.4 Å². The largest absolute Gasteiger partial charge is 0.507 e. The molecule has 3 nitrogen and oxygen atoms in total. The van der Waals surface area contributed by atoms with Crippen molar-refractivity contribution in [3.63, 3.8) is 0 Å². The van der Waals surface area contributed by atoms with E-state index in [2.05, 4.69) is 36.4 Å². The molecule has 0 amide bonds. The van der Waals surface area contributed by atoms with Crippen LogP contribution in [0.5, 0.6) is 0 Å². The Bertz CT molecular complexity index is 1080. The van der Waals surface area contributed by atoms with Crippen molar-refractivity contribution in [2.45, 2.75) is 29.1 Å². The molecule has 0 heterocycles. The summed E-state index contributed by atoms with van der Waals surface area (Å²) in [6.45, 7) is 0. The van der Waals surface area contributed by atoms with Gasteiger partial charge in [-0.2, -0.15) is 0 Å². The lowest BCUT2D eigenvalue weighted by atomic mass is 9.86. The number of aliphatic hydroxyl groups is 1. The highest BCUT2D eigenvalue weighted by atomic mass is 32.2. The smallest absolute Gasteiger partial charge is 0.234 e. The Morgan fingerprint density at radius 3 is 2.00 bits per heavy atom. The first-order valence-corrected chi connectivity index (χ1v) is 10.4. The van der Waals surface area contributed by atoms with E-state index in [0.717, 1.165) is 12.0 Å². The van der Waals surface area contributed by atoms with Gasteiger partial charge in [-0.25, -0.2) is 0 Å². The van der Waals surface area contributed by atoms with Gasteiger partial charge in [0.2, 0.25) is 11.6 Å². The minimum atomic E-state index is -0.587. The molecule has 0 fully saturated rings. The van der Waals surface area contributed by atoms with Crippen molar-refractivity contribution in [3.8, 4) is 0 Å². The number of aryl methyl sites for hydroxylation is 1. The minimum absolute atomic E-state index is 0.0557. The Kier molecular flexibility index (Phi) is 5.63. The van der Waals surface area contributed by atoms with E-state index in [1.807, 2.05) is 18.2 Å². The summed E-state index contributed by atoms with van der Waals surface area (Å²) in [5.41, 5.74) is 2.13. The van der Waals surface area contributed by atoms with Gasteiger partial charge in [0.15, 0.2) is 0 Å². The summed E-state index contributed by atoms with van der Waals surface area (Å²) in [6, 6.07) is 25.3. The zero-order chi connectivity index (χ0) is 20.2. The summed E-state index contributed by atoms with van der Waals surface area (Å²) in [7, 11) is 0. The van der Waals surface area contributed by atoms with E-state index >= 15 is 0 Å². The molecule has 0 atom stereocenters. The van der Waals surface area contributed by atoms with Crippen molar-refractivity contribution in [2.75, 3.05) is 0 Å². The molecule has 4 rings (SSSR count). The third-order valence-corrected chi connectivity index (χ3v) is 6.00. The maximum Gasteiger partial charge on any atom is 0.234 e. The average molecular weight is 400 g/mol. The Hall–Kier alpha value is -3.11. The second-order valence-corrected chi connectivity index (χ2v) is 8.09. The Morgan fingerprint density at radius 2 is 1.28 bits per heavy atom. The molecule has 0 aromatic heterocycles. The molecule has 0 aliphatic heterocycles. The minimum Gasteiger partial charge on any atom is -0.507 e. The molecule has 3 aromatic rings. The number of allylic oxidation sites excluding steroid dienone is 1. The average Bonchev–Trinajstić information content (AvgIpc) is 2.76. The maximum atomic E-state index is 12.4. The van der Waals surface area contributed by atoms with Crippen LogP contribution in [0.15, 0.2) is 94.2 Å². The fourth-order valence-corrected chi connectivity index (χ4v) is 4.30. The monoisotopic (exact) mass is 400 g/mol. The van der Waals surface area contributed by atoms with Gasteiger partial charge >= 0.3 is 0 Å². The van der Waals surface area contributed by atoms with Crippen molar-refractivity contribution in [1.82, 2.24) is 0 Å². The second kappa shape index (κ2) is 8.50. The molecular formula is C25H20O3S. The van der Waals surface area contributed by atoms with Crippen LogP contribution in [0.1, 0.15) is 34.3 Å². The fourth-order valence-electron chi connectivity index (χ4n) is 3.47. The number of fused-ring (bicyclic) bond motifs is 1. The SMILES string of the molecule is O=C1C(=O)c2ccccc2C(O)=C1CCCc1ccc(Sc2ccccc2)cc1. The van der Waals surface area contributed by atoms with Crippen molar-refractivity contribution in [2.24, 2.45) is 0 Å². The molecule has 3 aromatic carbocycles. The number of hydrogen-bond donors (Lipinski definition) is 1. The number of carbonyl (C=O) groups is 2. The molecule has 144 valence electrons. The first kappa shape index (κ1) is 19.2. The van der Waals surface area contributed by atoms with Gasteiger partial charge in [0, 0.05) is 26.5 Å². The molecule has 0 saturated carbocycles. The number of benzene rings is 3. The predicted octanol–water partition coefficient (Wildman–Crippen LogP) is 5.90. The molecule has 0 spiro atoms. The third-order valence-electron chi connectivity index (χ3n) is 4.99. The molecule has 29 heavy (non-hydrogen) atoms. The van der Waals surface area contributed by atoms with E-state index in [1.54, 1.807) is 36.0 Å². The standard InChI is InChI=1S/C25H20O3S/c26-23-20-10-4-5-11-21(20)24(27)25(28)22(23)12-6-7-17-13-15-19(16-14-17)29-18-8-2-1-3-9-18/h1-5,8-11,13-16,26H,6-7,12H2. The first-order valence-electron chi connectivity index (χ1n) is 9.56. The normalized spacial score (nSPS) is 13.5. The van der Waals surface area contributed by atoms with Gasteiger partial charge in [-0.3, -0.25) is 9.59 Å². The van der Waals surface area contributed by atoms with Gasteiger partial charge in [0.05, 0.1) is 0 Å². The highest BCUT2D eigenvalue weighted by Gasteiger charge is 2.31. The number of rotatable bonds is 6. The number of aliphatic hydroxyl groups excluding tert-OH is 1. The summed E-state index contributed by atoms with van der Waals surface area (Å²) < 4.78 is 0. The molecule has 0 radical (unpaired) electrons. The van der Waals surface area contributed by atoms with Crippen LogP contribution in [0.3, 0.4) is 0 Å². The molecule has 1 N–H and O–H groups in total. The molecular weight excluding hydrogens is 380 g/mol. The van der Waals surface area contributed by atoms with Crippen LogP contribution < -0.4 is 0 Å². The lowest BCUT2D eigenvalue weighted by Gasteiger charge is -2.17. The van der Waals surface area contributed by atoms with Crippen molar-refractivity contribution < 1.29 is 14.7 Å². The molecule has 0 saturated heterocycles. The molecule has 1 aliphatic carbocycles. The van der Waals surface area contributed by atoms with Crippen LogP contribution in [-0.2, 0) is 11.2 Å². The Labute approximate surface area is 174 Å². The summed E-state index contributed by atoms with van der Waals surface area (Å²) in [4.78, 5) is 27.1. The molecule has 0 bridgehead atoms. The highest BCUT2D eigenvalue weighted by Crippen LogP contribution is 2.31. The lowest BCUT2D eigenvalue weighted by Crippen LogP contribution is -2.24. The van der Waals surface area contributed by atoms with Crippen LogP contribution in [0.25, 0.3) is 5.76 Å². The van der Waals surface area contributed by atoms with Gasteiger partial charge in [0.1, 0.15) is 5.76 Å². The van der Waals surface area contributed by atoms with Crippen LogP contribution in [0, 0.1) is 0 Å². The van der Waals surface area contributed by atoms with Gasteiger partial charge < -0.3 is 5.11 Å². The Morgan fingerprint density at radius 1 is 0.655 bits per heavy atom. The lowest BCUT2D eigenvalue weighted by molar-refractivity contribution is -0.112. The van der Waals surface area contributed by atoms with Crippen LogP contribution in [0.2, 0.25) is 0 Å². The van der Waals surface area contributed by atoms with Gasteiger partial charge in [0.25, 0.3) is 0 Å². The molecule has 1 aliphatic rings. The second-order valence-electron chi connectivity index (χ2n) is 6.94. The summed E-state index contributed by atoms with van der Waals surface area (Å²) in [5.74, 6) is -1.17. The highest BCUT2D eigenvalue weighted by molar-refractivity contribution is 7.99. The summed E-state index contributed by atoms with van der Waals surface area (Å²) in [6.07, 6.45) is 1.84. The van der Waals surface area contributed by atoms with Gasteiger partial charge in [-0.15, -0.1) is 0 Å². The van der Waals surface area contributed by atoms with Crippen molar-refractivity contribution in [1.29, 1.82) is 0 Å². The van der Waals surface area contributed by atoms with E-state index in [1.165, 1.54) is 9.79 Å². The van der Waals surface area contributed by atoms with Crippen LogP contribution in [0.4, 0.5) is 0 Å². The summed E-state index contributed by atoms with van der Waals surface area (Å²) >= 11 is 1.71. The maximum absolute atomic E-state index is 12.4. The van der Waals surface area contributed by atoms with E-state index in [0.29, 0.717) is 18.4 Å². The van der Waals surface area contributed by atoms with E-state index in [4.69, 9.17) is 0 Å².